The first-order chi connectivity index (χ1) is 9.43. The Bertz CT molecular complexity index is 269. The van der Waals surface area contributed by atoms with Crippen LogP contribution < -0.4 is 5.32 Å². The molecule has 3 heterocycles. The lowest BCUT2D eigenvalue weighted by molar-refractivity contribution is 0.0104. The summed E-state index contributed by atoms with van der Waals surface area (Å²) in [6, 6.07) is 1.69. The van der Waals surface area contributed by atoms with Crippen LogP contribution >= 0.6 is 23.5 Å². The second-order valence-electron chi connectivity index (χ2n) is 5.37. The summed E-state index contributed by atoms with van der Waals surface area (Å²) in [5, 5.41) is 3.86. The van der Waals surface area contributed by atoms with Crippen molar-refractivity contribution in [1.82, 2.24) is 10.2 Å². The van der Waals surface area contributed by atoms with Crippen LogP contribution in [-0.2, 0) is 9.47 Å². The van der Waals surface area contributed by atoms with Gasteiger partial charge in [0.1, 0.15) is 0 Å². The zero-order valence-electron chi connectivity index (χ0n) is 11.4. The Morgan fingerprint density at radius 2 is 1.68 bits per heavy atom. The van der Waals surface area contributed by atoms with Crippen molar-refractivity contribution >= 4 is 23.5 Å². The minimum atomic E-state index is 0.502. The third-order valence-corrected chi connectivity index (χ3v) is 6.55. The summed E-state index contributed by atoms with van der Waals surface area (Å²) in [4.78, 5) is 2.55. The second kappa shape index (κ2) is 7.52. The normalized spacial score (nSPS) is 35.4. The van der Waals surface area contributed by atoms with Gasteiger partial charge in [-0.25, -0.2) is 0 Å². The van der Waals surface area contributed by atoms with Crippen molar-refractivity contribution in [2.24, 2.45) is 0 Å². The van der Waals surface area contributed by atoms with Gasteiger partial charge in [0, 0.05) is 48.2 Å². The van der Waals surface area contributed by atoms with E-state index in [0.29, 0.717) is 18.1 Å². The highest BCUT2D eigenvalue weighted by Gasteiger charge is 2.35. The monoisotopic (exact) mass is 304 g/mol. The third kappa shape index (κ3) is 4.02. The van der Waals surface area contributed by atoms with Crippen molar-refractivity contribution in [2.45, 2.75) is 18.1 Å². The van der Waals surface area contributed by atoms with E-state index in [9.17, 15) is 0 Å². The smallest absolute Gasteiger partial charge is 0.0638 e. The highest BCUT2D eigenvalue weighted by atomic mass is 32.2. The van der Waals surface area contributed by atoms with Gasteiger partial charge in [-0.1, -0.05) is 0 Å². The fourth-order valence-electron chi connectivity index (χ4n) is 2.99. The summed E-state index contributed by atoms with van der Waals surface area (Å²) in [7, 11) is 0. The molecule has 110 valence electrons. The number of morpholine rings is 1. The van der Waals surface area contributed by atoms with Gasteiger partial charge >= 0.3 is 0 Å². The van der Waals surface area contributed by atoms with Crippen LogP contribution in [0.1, 0.15) is 0 Å². The summed E-state index contributed by atoms with van der Waals surface area (Å²) < 4.78 is 11.2. The van der Waals surface area contributed by atoms with E-state index >= 15 is 0 Å². The highest BCUT2D eigenvalue weighted by molar-refractivity contribution is 8.03. The number of rotatable bonds is 3. The molecule has 0 bridgehead atoms. The molecule has 0 aromatic rings. The molecule has 3 aliphatic rings. The Kier molecular flexibility index (Phi) is 5.73. The molecule has 2 atom stereocenters. The molecule has 0 unspecified atom stereocenters. The van der Waals surface area contributed by atoms with Gasteiger partial charge < -0.3 is 14.8 Å². The standard InChI is InChI=1S/C13H24N2O2S2/c1-3-16-4-2-15(1)13-8-17-7-12(13)14-11-9-18-5-6-19-10-11/h11-14H,1-10H2/t12-,13-/m0/s1. The van der Waals surface area contributed by atoms with E-state index in [4.69, 9.17) is 9.47 Å². The number of nitrogens with one attached hydrogen (secondary N) is 1. The fourth-order valence-corrected chi connectivity index (χ4v) is 5.41. The molecule has 0 spiro atoms. The molecular formula is C13H24N2O2S2. The predicted molar refractivity (Wildman–Crippen MR) is 82.4 cm³/mol. The molecule has 0 aliphatic carbocycles. The van der Waals surface area contributed by atoms with Crippen molar-refractivity contribution < 1.29 is 9.47 Å². The maximum absolute atomic E-state index is 5.74. The van der Waals surface area contributed by atoms with Gasteiger partial charge in [-0.2, -0.15) is 23.5 Å². The summed E-state index contributed by atoms with van der Waals surface area (Å²) in [6.45, 7) is 5.61. The third-order valence-electron chi connectivity index (χ3n) is 4.03. The van der Waals surface area contributed by atoms with Crippen molar-refractivity contribution in [1.29, 1.82) is 0 Å². The zero-order chi connectivity index (χ0) is 12.9. The summed E-state index contributed by atoms with van der Waals surface area (Å²) >= 11 is 4.17. The lowest BCUT2D eigenvalue weighted by Gasteiger charge is -2.35. The van der Waals surface area contributed by atoms with Crippen molar-refractivity contribution in [3.8, 4) is 0 Å². The van der Waals surface area contributed by atoms with Crippen LogP contribution in [0.5, 0.6) is 0 Å². The molecule has 0 amide bonds. The van der Waals surface area contributed by atoms with Crippen LogP contribution in [-0.4, -0.2) is 85.6 Å². The topological polar surface area (TPSA) is 33.7 Å². The van der Waals surface area contributed by atoms with Gasteiger partial charge in [0.15, 0.2) is 0 Å². The quantitative estimate of drug-likeness (QED) is 0.819. The van der Waals surface area contributed by atoms with Crippen LogP contribution in [0.2, 0.25) is 0 Å². The number of ether oxygens (including phenoxy) is 2. The van der Waals surface area contributed by atoms with E-state index in [1.807, 2.05) is 0 Å². The van der Waals surface area contributed by atoms with Gasteiger partial charge in [-0.05, 0) is 0 Å². The Hall–Kier alpha value is 0.540. The number of thioether (sulfide) groups is 2. The number of hydrogen-bond acceptors (Lipinski definition) is 6. The van der Waals surface area contributed by atoms with Crippen LogP contribution in [0.25, 0.3) is 0 Å². The highest BCUT2D eigenvalue weighted by Crippen LogP contribution is 2.20. The SMILES string of the molecule is C1CN([C@H]2COC[C@@H]2NC2CSCCSC2)CCO1. The van der Waals surface area contributed by atoms with Gasteiger partial charge in [0.05, 0.1) is 32.5 Å². The van der Waals surface area contributed by atoms with E-state index in [2.05, 4.69) is 33.7 Å². The maximum Gasteiger partial charge on any atom is 0.0638 e. The van der Waals surface area contributed by atoms with E-state index in [1.54, 1.807) is 0 Å². The molecule has 0 saturated carbocycles. The minimum absolute atomic E-state index is 0.502. The van der Waals surface area contributed by atoms with E-state index in [1.165, 1.54) is 23.0 Å². The molecule has 4 nitrogen and oxygen atoms in total. The Labute approximate surface area is 124 Å². The van der Waals surface area contributed by atoms with Gasteiger partial charge in [0.2, 0.25) is 0 Å². The van der Waals surface area contributed by atoms with E-state index < -0.39 is 0 Å². The molecule has 3 aliphatic heterocycles. The number of nitrogens with zero attached hydrogens (tertiary/aromatic N) is 1. The maximum atomic E-state index is 5.74. The van der Waals surface area contributed by atoms with Gasteiger partial charge in [-0.15, -0.1) is 0 Å². The average molecular weight is 304 g/mol. The molecule has 1 N–H and O–H groups in total. The van der Waals surface area contributed by atoms with E-state index in [0.717, 1.165) is 39.5 Å². The van der Waals surface area contributed by atoms with Gasteiger partial charge in [0.25, 0.3) is 0 Å². The first kappa shape index (κ1) is 14.5. The molecule has 0 aromatic carbocycles. The Morgan fingerprint density at radius 1 is 0.947 bits per heavy atom. The fraction of sp³-hybridized carbons (Fsp3) is 1.00. The first-order valence-electron chi connectivity index (χ1n) is 7.24. The molecule has 0 aromatic heterocycles. The van der Waals surface area contributed by atoms with Gasteiger partial charge in [-0.3, -0.25) is 4.90 Å². The number of hydrogen-bond donors (Lipinski definition) is 1. The van der Waals surface area contributed by atoms with Crippen molar-refractivity contribution in [3.05, 3.63) is 0 Å². The first-order valence-corrected chi connectivity index (χ1v) is 9.55. The molecule has 19 heavy (non-hydrogen) atoms. The summed E-state index contributed by atoms with van der Waals surface area (Å²) in [6.07, 6.45) is 0. The van der Waals surface area contributed by atoms with Crippen LogP contribution in [0.3, 0.4) is 0 Å². The minimum Gasteiger partial charge on any atom is -0.379 e. The Morgan fingerprint density at radius 3 is 2.42 bits per heavy atom. The lowest BCUT2D eigenvalue weighted by Crippen LogP contribution is -2.55. The second-order valence-corrected chi connectivity index (χ2v) is 7.67. The Balaban J connectivity index is 1.53. The summed E-state index contributed by atoms with van der Waals surface area (Å²) in [5.74, 6) is 5.10. The largest absolute Gasteiger partial charge is 0.379 e. The summed E-state index contributed by atoms with van der Waals surface area (Å²) in [5.41, 5.74) is 0. The molecular weight excluding hydrogens is 280 g/mol. The lowest BCUT2D eigenvalue weighted by atomic mass is 10.1. The average Bonchev–Trinajstić information content (AvgIpc) is 2.75. The molecule has 3 rings (SSSR count). The van der Waals surface area contributed by atoms with E-state index in [-0.39, 0.29) is 0 Å². The van der Waals surface area contributed by atoms with Crippen LogP contribution in [0, 0.1) is 0 Å². The van der Waals surface area contributed by atoms with Crippen LogP contribution in [0.4, 0.5) is 0 Å². The molecule has 6 heteroatoms. The zero-order valence-corrected chi connectivity index (χ0v) is 13.0. The van der Waals surface area contributed by atoms with Crippen molar-refractivity contribution in [3.63, 3.8) is 0 Å². The van der Waals surface area contributed by atoms with Crippen LogP contribution in [0.15, 0.2) is 0 Å². The molecule has 0 radical (unpaired) electrons. The molecule has 3 fully saturated rings. The predicted octanol–water partition coefficient (Wildman–Crippen LogP) is 0.524. The molecule has 3 saturated heterocycles. The van der Waals surface area contributed by atoms with Crippen molar-refractivity contribution in [2.75, 3.05) is 62.5 Å².